The summed E-state index contributed by atoms with van der Waals surface area (Å²) in [6.45, 7) is 10.1. The van der Waals surface area contributed by atoms with Crippen molar-refractivity contribution in [2.24, 2.45) is 4.99 Å². The molecule has 2 bridgehead atoms. The Kier molecular flexibility index (Phi) is 8.23. The number of benzene rings is 2. The van der Waals surface area contributed by atoms with Crippen LogP contribution in [-0.2, 0) is 4.79 Å². The number of allylic oxidation sites excluding steroid dienone is 1. The van der Waals surface area contributed by atoms with Gasteiger partial charge in [0.2, 0.25) is 6.41 Å². The third-order valence-corrected chi connectivity index (χ3v) is 6.56. The zero-order valence-corrected chi connectivity index (χ0v) is 19.9. The van der Waals surface area contributed by atoms with Crippen LogP contribution in [-0.4, -0.2) is 42.5 Å². The van der Waals surface area contributed by atoms with E-state index in [1.807, 2.05) is 13.1 Å². The Morgan fingerprint density at radius 3 is 2.78 bits per heavy atom. The molecule has 0 saturated carbocycles. The van der Waals surface area contributed by atoms with Crippen LogP contribution < -0.4 is 10.6 Å². The van der Waals surface area contributed by atoms with Crippen LogP contribution in [0.3, 0.4) is 0 Å². The highest BCUT2D eigenvalue weighted by atomic mass is 35.5. The summed E-state index contributed by atoms with van der Waals surface area (Å²) in [6.07, 6.45) is 2.55. The summed E-state index contributed by atoms with van der Waals surface area (Å²) in [5.41, 5.74) is 3.10. The van der Waals surface area contributed by atoms with Crippen LogP contribution in [0, 0.1) is 5.82 Å². The molecule has 1 amide bonds. The van der Waals surface area contributed by atoms with E-state index in [-0.39, 0.29) is 0 Å². The summed E-state index contributed by atoms with van der Waals surface area (Å²) in [5, 5.41) is 6.81. The van der Waals surface area contributed by atoms with Crippen molar-refractivity contribution in [2.45, 2.75) is 11.8 Å². The average molecular weight is 493 g/mol. The van der Waals surface area contributed by atoms with Crippen molar-refractivity contribution < 1.29 is 9.18 Å². The van der Waals surface area contributed by atoms with Crippen LogP contribution in [0.5, 0.6) is 0 Å². The minimum absolute atomic E-state index is 0.299. The number of fused-ring (bicyclic) bond motifs is 2. The molecule has 2 aliphatic rings. The number of amidine groups is 1. The van der Waals surface area contributed by atoms with Crippen LogP contribution in [0.15, 0.2) is 59.2 Å². The number of hydrogen-bond acceptors (Lipinski definition) is 5. The van der Waals surface area contributed by atoms with E-state index in [1.165, 1.54) is 23.9 Å². The summed E-state index contributed by atoms with van der Waals surface area (Å²) in [7, 11) is 0. The molecule has 9 heteroatoms. The van der Waals surface area contributed by atoms with Gasteiger partial charge >= 0.3 is 0 Å². The maximum Gasteiger partial charge on any atom is 0.211 e. The van der Waals surface area contributed by atoms with Gasteiger partial charge in [-0.1, -0.05) is 23.2 Å². The number of nitrogens with zero attached hydrogens (tertiary/aromatic N) is 2. The van der Waals surface area contributed by atoms with E-state index in [4.69, 9.17) is 28.2 Å². The highest BCUT2D eigenvalue weighted by molar-refractivity contribution is 7.99. The molecule has 0 fully saturated rings. The van der Waals surface area contributed by atoms with Gasteiger partial charge in [0.1, 0.15) is 11.7 Å². The van der Waals surface area contributed by atoms with Gasteiger partial charge in [0.05, 0.1) is 17.3 Å². The summed E-state index contributed by atoms with van der Waals surface area (Å²) in [6, 6.07) is 6.10. The second-order valence-corrected chi connectivity index (χ2v) is 8.77. The van der Waals surface area contributed by atoms with E-state index in [1.54, 1.807) is 12.1 Å². The van der Waals surface area contributed by atoms with Crippen molar-refractivity contribution in [3.8, 4) is 11.1 Å². The van der Waals surface area contributed by atoms with Crippen LogP contribution >= 0.6 is 35.0 Å². The lowest BCUT2D eigenvalue weighted by atomic mass is 9.99. The fourth-order valence-corrected chi connectivity index (χ4v) is 5.23. The van der Waals surface area contributed by atoms with Gasteiger partial charge < -0.3 is 15.5 Å². The molecular formula is C23H23Cl2FN4OS. The van der Waals surface area contributed by atoms with E-state index < -0.39 is 5.82 Å². The smallest absolute Gasteiger partial charge is 0.211 e. The molecule has 0 unspecified atom stereocenters. The molecule has 0 saturated heterocycles. The Bertz CT molecular complexity index is 1090. The molecule has 2 aromatic carbocycles. The topological polar surface area (TPSA) is 56.7 Å². The third kappa shape index (κ3) is 4.80. The van der Waals surface area contributed by atoms with Gasteiger partial charge in [0.15, 0.2) is 0 Å². The number of nitrogens with one attached hydrogen (secondary N) is 2. The zero-order chi connectivity index (χ0) is 23.3. The fraction of sp³-hybridized carbons (Fsp3) is 0.217. The molecule has 2 heterocycles. The number of anilines is 1. The van der Waals surface area contributed by atoms with Gasteiger partial charge in [-0.15, -0.1) is 24.9 Å². The standard InChI is InChI=1S/C21H19Cl2FN4OS.C2H4/c1-12-10-25-4-6-28(12)21-15-9-16(23)18(14-8-13(22)2-3-17(14)24)20(19(15)27-11-29)30-7-5-26-21;1-2/h2-3,8-11,25H,4-7H2,1H3,(H,27,29);1-2H2. The van der Waals surface area contributed by atoms with Crippen LogP contribution in [0.4, 0.5) is 10.1 Å². The van der Waals surface area contributed by atoms with Crippen molar-refractivity contribution in [2.75, 3.05) is 30.7 Å². The maximum atomic E-state index is 14.7. The Morgan fingerprint density at radius 1 is 1.28 bits per heavy atom. The Labute approximate surface area is 201 Å². The molecule has 0 spiro atoms. The number of carbonyl (C=O) groups excluding carboxylic acids is 1. The highest BCUT2D eigenvalue weighted by Crippen LogP contribution is 2.46. The minimum Gasteiger partial charge on any atom is -0.388 e. The molecule has 2 aromatic rings. The molecule has 5 nitrogen and oxygen atoms in total. The molecule has 32 heavy (non-hydrogen) atoms. The van der Waals surface area contributed by atoms with E-state index in [0.717, 1.165) is 24.6 Å². The normalized spacial score (nSPS) is 15.2. The van der Waals surface area contributed by atoms with Gasteiger partial charge in [-0.2, -0.15) is 0 Å². The first kappa shape index (κ1) is 24.2. The number of aliphatic imine (C=N–C) groups is 1. The van der Waals surface area contributed by atoms with Gasteiger partial charge in [0, 0.05) is 57.3 Å². The van der Waals surface area contributed by atoms with E-state index >= 15 is 0 Å². The second-order valence-electron chi connectivity index (χ2n) is 6.82. The van der Waals surface area contributed by atoms with E-state index in [0.29, 0.717) is 56.0 Å². The highest BCUT2D eigenvalue weighted by Gasteiger charge is 2.28. The van der Waals surface area contributed by atoms with Gasteiger partial charge in [-0.25, -0.2) is 4.39 Å². The first-order chi connectivity index (χ1) is 15.5. The lowest BCUT2D eigenvalue weighted by Gasteiger charge is -2.33. The summed E-state index contributed by atoms with van der Waals surface area (Å²) >= 11 is 14.3. The molecule has 4 rings (SSSR count). The monoisotopic (exact) mass is 492 g/mol. The first-order valence-corrected chi connectivity index (χ1v) is 11.6. The van der Waals surface area contributed by atoms with Gasteiger partial charge in [0.25, 0.3) is 0 Å². The second kappa shape index (κ2) is 10.9. The molecule has 0 aliphatic carbocycles. The number of halogens is 3. The molecule has 0 aromatic heterocycles. The zero-order valence-electron chi connectivity index (χ0n) is 17.6. The summed E-state index contributed by atoms with van der Waals surface area (Å²) < 4.78 is 14.7. The van der Waals surface area contributed by atoms with Crippen LogP contribution in [0.2, 0.25) is 10.0 Å². The molecule has 2 N–H and O–H groups in total. The lowest BCUT2D eigenvalue weighted by molar-refractivity contribution is -0.105. The van der Waals surface area contributed by atoms with Crippen LogP contribution in [0.25, 0.3) is 11.1 Å². The molecule has 0 radical (unpaired) electrons. The minimum atomic E-state index is -0.431. The molecular weight excluding hydrogens is 470 g/mol. The Morgan fingerprint density at radius 2 is 2.06 bits per heavy atom. The maximum absolute atomic E-state index is 14.7. The van der Waals surface area contributed by atoms with E-state index in [9.17, 15) is 9.18 Å². The Hall–Kier alpha value is -2.48. The van der Waals surface area contributed by atoms with Crippen molar-refractivity contribution in [1.29, 1.82) is 0 Å². The van der Waals surface area contributed by atoms with Crippen LogP contribution in [0.1, 0.15) is 12.5 Å². The summed E-state index contributed by atoms with van der Waals surface area (Å²) in [5.74, 6) is 0.955. The molecule has 2 aliphatic heterocycles. The Balaban J connectivity index is 0.00000141. The molecule has 0 atom stereocenters. The third-order valence-electron chi connectivity index (χ3n) is 4.95. The predicted octanol–water partition coefficient (Wildman–Crippen LogP) is 5.79. The van der Waals surface area contributed by atoms with Gasteiger partial charge in [-0.3, -0.25) is 9.79 Å². The van der Waals surface area contributed by atoms with Gasteiger partial charge in [-0.05, 0) is 31.2 Å². The first-order valence-electron chi connectivity index (χ1n) is 9.88. The summed E-state index contributed by atoms with van der Waals surface area (Å²) in [4.78, 5) is 19.1. The van der Waals surface area contributed by atoms with Crippen molar-refractivity contribution in [3.05, 3.63) is 70.7 Å². The SMILES string of the molecule is C=C.CC1=CNCCN1C1=NCCSc2c(NC=O)c1cc(Cl)c2-c1cc(Cl)ccc1F. The van der Waals surface area contributed by atoms with Crippen molar-refractivity contribution in [3.63, 3.8) is 0 Å². The average Bonchev–Trinajstić information content (AvgIpc) is 2.79. The largest absolute Gasteiger partial charge is 0.388 e. The fourth-order valence-electron chi connectivity index (χ4n) is 3.63. The van der Waals surface area contributed by atoms with Crippen molar-refractivity contribution in [1.82, 2.24) is 10.2 Å². The number of amides is 1. The van der Waals surface area contributed by atoms with E-state index in [2.05, 4.69) is 28.7 Å². The van der Waals surface area contributed by atoms with Crippen molar-refractivity contribution >= 4 is 52.9 Å². The number of rotatable bonds is 3. The predicted molar refractivity (Wildman–Crippen MR) is 133 cm³/mol. The quantitative estimate of drug-likeness (QED) is 0.420. The lowest BCUT2D eigenvalue weighted by Crippen LogP contribution is -2.40. The molecule has 168 valence electrons. The number of carbonyl (C=O) groups is 1. The number of thioether (sulfide) groups is 1. The number of hydrogen-bond donors (Lipinski definition) is 2.